The Balaban J connectivity index is 1.82. The topological polar surface area (TPSA) is 36.4 Å². The number of rotatable bonds is 18. The van der Waals surface area contributed by atoms with Gasteiger partial charge in [-0.1, -0.05) is 127 Å². The van der Waals surface area contributed by atoms with Crippen LogP contribution >= 0.6 is 12.2 Å². The second-order valence-corrected chi connectivity index (χ2v) is 8.42. The van der Waals surface area contributed by atoms with Crippen LogP contribution in [-0.2, 0) is 0 Å². The number of nitrogens with zero attached hydrogens (tertiary/aromatic N) is 1. The molecule has 0 radical (unpaired) electrons. The van der Waals surface area contributed by atoms with Gasteiger partial charge in [0.1, 0.15) is 0 Å². The molecule has 0 fully saturated rings. The quantitative estimate of drug-likeness (QED) is 0.109. The molecule has 0 bridgehead atoms. The van der Waals surface area contributed by atoms with Crippen LogP contribution in [0.25, 0.3) is 6.08 Å². The summed E-state index contributed by atoms with van der Waals surface area (Å²) in [6, 6.07) is 10.2. The lowest BCUT2D eigenvalue weighted by Crippen LogP contribution is -2.32. The number of allylic oxidation sites excluding steroid dienone is 1. The molecule has 0 aliphatic carbocycles. The fraction of sp³-hybridized carbons (Fsp3) is 0.615. The zero-order valence-corrected chi connectivity index (χ0v) is 19.9. The molecule has 0 aromatic heterocycles. The van der Waals surface area contributed by atoms with E-state index in [0.717, 1.165) is 18.5 Å². The van der Waals surface area contributed by atoms with Crippen LogP contribution in [0.1, 0.15) is 102 Å². The summed E-state index contributed by atoms with van der Waals surface area (Å²) >= 11 is 5.24. The van der Waals surface area contributed by atoms with Gasteiger partial charge in [0.2, 0.25) is 0 Å². The largest absolute Gasteiger partial charge is 0.361 e. The molecule has 0 saturated heterocycles. The Morgan fingerprint density at radius 3 is 1.90 bits per heavy atom. The van der Waals surface area contributed by atoms with Crippen LogP contribution in [0.3, 0.4) is 0 Å². The molecule has 0 aliphatic heterocycles. The highest BCUT2D eigenvalue weighted by Crippen LogP contribution is 2.12. The van der Waals surface area contributed by atoms with Crippen LogP contribution in [-0.4, -0.2) is 17.9 Å². The molecular formula is C26H43N3S. The number of unbranched alkanes of at least 4 members (excludes halogenated alkanes) is 13. The highest BCUT2D eigenvalue weighted by molar-refractivity contribution is 7.80. The van der Waals surface area contributed by atoms with Crippen molar-refractivity contribution in [3.63, 3.8) is 0 Å². The van der Waals surface area contributed by atoms with E-state index in [1.54, 1.807) is 6.21 Å². The van der Waals surface area contributed by atoms with E-state index in [-0.39, 0.29) is 0 Å². The van der Waals surface area contributed by atoms with E-state index in [1.165, 1.54) is 83.5 Å². The van der Waals surface area contributed by atoms with Gasteiger partial charge in [-0.3, -0.25) is 5.43 Å². The summed E-state index contributed by atoms with van der Waals surface area (Å²) < 4.78 is 0. The van der Waals surface area contributed by atoms with Crippen molar-refractivity contribution in [1.82, 2.24) is 10.7 Å². The Kier molecular flexibility index (Phi) is 18.1. The Hall–Kier alpha value is -1.68. The second-order valence-electron chi connectivity index (χ2n) is 8.01. The molecule has 2 N–H and O–H groups in total. The first-order valence-corrected chi connectivity index (χ1v) is 12.5. The predicted octanol–water partition coefficient (Wildman–Crippen LogP) is 7.63. The number of hydrazone groups is 1. The maximum Gasteiger partial charge on any atom is 0.186 e. The van der Waals surface area contributed by atoms with E-state index >= 15 is 0 Å². The van der Waals surface area contributed by atoms with Crippen LogP contribution in [0.2, 0.25) is 0 Å². The van der Waals surface area contributed by atoms with Gasteiger partial charge in [-0.15, -0.1) is 0 Å². The van der Waals surface area contributed by atoms with E-state index in [9.17, 15) is 0 Å². The van der Waals surface area contributed by atoms with Gasteiger partial charge >= 0.3 is 0 Å². The normalized spacial score (nSPS) is 11.4. The van der Waals surface area contributed by atoms with E-state index in [2.05, 4.69) is 34.9 Å². The summed E-state index contributed by atoms with van der Waals surface area (Å²) in [6.07, 6.45) is 25.0. The van der Waals surface area contributed by atoms with Gasteiger partial charge in [0, 0.05) is 12.8 Å². The van der Waals surface area contributed by atoms with Crippen LogP contribution in [0.4, 0.5) is 0 Å². The molecule has 4 heteroatoms. The lowest BCUT2D eigenvalue weighted by Gasteiger charge is -2.06. The summed E-state index contributed by atoms with van der Waals surface area (Å²) in [6.45, 7) is 3.20. The minimum absolute atomic E-state index is 0.592. The molecule has 0 saturated carbocycles. The molecule has 0 aliphatic rings. The maximum absolute atomic E-state index is 5.24. The summed E-state index contributed by atoms with van der Waals surface area (Å²) in [5.41, 5.74) is 4.01. The summed E-state index contributed by atoms with van der Waals surface area (Å²) in [5.74, 6) is 0. The zero-order valence-electron chi connectivity index (χ0n) is 19.1. The molecule has 30 heavy (non-hydrogen) atoms. The number of hydrogen-bond acceptors (Lipinski definition) is 2. The van der Waals surface area contributed by atoms with Crippen LogP contribution < -0.4 is 10.7 Å². The minimum atomic E-state index is 0.592. The van der Waals surface area contributed by atoms with Crippen molar-refractivity contribution in [2.75, 3.05) is 6.54 Å². The van der Waals surface area contributed by atoms with Gasteiger partial charge in [0.25, 0.3) is 0 Å². The minimum Gasteiger partial charge on any atom is -0.361 e. The Morgan fingerprint density at radius 1 is 0.800 bits per heavy atom. The van der Waals surface area contributed by atoms with Crippen molar-refractivity contribution >= 4 is 29.6 Å². The van der Waals surface area contributed by atoms with Crippen molar-refractivity contribution in [3.05, 3.63) is 42.0 Å². The van der Waals surface area contributed by atoms with Crippen molar-refractivity contribution < 1.29 is 0 Å². The number of hydrogen-bond donors (Lipinski definition) is 2. The standard InChI is InChI=1S/C26H43N3S/c1-2-3-4-5-6-7-8-9-10-11-12-13-14-18-23-27-26(30)29-28-24-19-22-25-20-16-15-17-21-25/h15-17,19-22,24H,2-14,18,23H2,1H3,(H2,27,29,30)/b22-19+,28-24+. The Bertz CT molecular complexity index is 569. The average molecular weight is 430 g/mol. The highest BCUT2D eigenvalue weighted by atomic mass is 32.1. The third-order valence-corrected chi connectivity index (χ3v) is 5.47. The Labute approximate surface area is 190 Å². The molecular weight excluding hydrogens is 386 g/mol. The van der Waals surface area contributed by atoms with E-state index in [1.807, 2.05) is 30.4 Å². The molecule has 1 aromatic rings. The van der Waals surface area contributed by atoms with Crippen molar-refractivity contribution in [2.24, 2.45) is 5.10 Å². The molecule has 0 atom stereocenters. The second kappa shape index (κ2) is 20.6. The molecule has 0 heterocycles. The van der Waals surface area contributed by atoms with Gasteiger partial charge in [-0.25, -0.2) is 0 Å². The van der Waals surface area contributed by atoms with Crippen LogP contribution in [0, 0.1) is 0 Å². The smallest absolute Gasteiger partial charge is 0.186 e. The molecule has 168 valence electrons. The summed E-state index contributed by atoms with van der Waals surface area (Å²) in [7, 11) is 0. The summed E-state index contributed by atoms with van der Waals surface area (Å²) in [4.78, 5) is 0. The van der Waals surface area contributed by atoms with Gasteiger partial charge in [0.15, 0.2) is 5.11 Å². The SMILES string of the molecule is CCCCCCCCCCCCCCCCNC(=S)N/N=C/C=C/c1ccccc1. The fourth-order valence-electron chi connectivity index (χ4n) is 3.42. The first kappa shape index (κ1) is 26.4. The number of benzene rings is 1. The number of thiocarbonyl (C=S) groups is 1. The lowest BCUT2D eigenvalue weighted by molar-refractivity contribution is 0.535. The van der Waals surface area contributed by atoms with Crippen LogP contribution in [0.5, 0.6) is 0 Å². The zero-order chi connectivity index (χ0) is 21.5. The van der Waals surface area contributed by atoms with Crippen molar-refractivity contribution in [2.45, 2.75) is 96.8 Å². The van der Waals surface area contributed by atoms with Gasteiger partial charge in [-0.2, -0.15) is 5.10 Å². The van der Waals surface area contributed by atoms with E-state index < -0.39 is 0 Å². The summed E-state index contributed by atoms with van der Waals surface area (Å²) in [5, 5.41) is 7.92. The monoisotopic (exact) mass is 429 g/mol. The lowest BCUT2D eigenvalue weighted by atomic mass is 10.0. The van der Waals surface area contributed by atoms with E-state index in [0.29, 0.717) is 5.11 Å². The predicted molar refractivity (Wildman–Crippen MR) is 138 cm³/mol. The molecule has 1 rings (SSSR count). The Morgan fingerprint density at radius 2 is 1.33 bits per heavy atom. The van der Waals surface area contributed by atoms with Gasteiger partial charge in [-0.05, 0) is 30.3 Å². The van der Waals surface area contributed by atoms with Gasteiger partial charge < -0.3 is 5.32 Å². The molecule has 0 amide bonds. The molecule has 0 spiro atoms. The van der Waals surface area contributed by atoms with E-state index in [4.69, 9.17) is 12.2 Å². The van der Waals surface area contributed by atoms with Crippen LogP contribution in [0.15, 0.2) is 41.5 Å². The molecule has 1 aromatic carbocycles. The average Bonchev–Trinajstić information content (AvgIpc) is 2.77. The highest BCUT2D eigenvalue weighted by Gasteiger charge is 1.95. The van der Waals surface area contributed by atoms with Crippen molar-refractivity contribution in [1.29, 1.82) is 0 Å². The molecule has 0 unspecified atom stereocenters. The van der Waals surface area contributed by atoms with Gasteiger partial charge in [0.05, 0.1) is 0 Å². The molecule has 3 nitrogen and oxygen atoms in total. The van der Waals surface area contributed by atoms with Crippen molar-refractivity contribution in [3.8, 4) is 0 Å². The first-order valence-electron chi connectivity index (χ1n) is 12.1. The first-order chi connectivity index (χ1) is 14.8. The maximum atomic E-state index is 5.24. The third kappa shape index (κ3) is 17.2. The number of nitrogens with one attached hydrogen (secondary N) is 2. The fourth-order valence-corrected chi connectivity index (χ4v) is 3.57. The third-order valence-electron chi connectivity index (χ3n) is 5.23.